The molecule has 0 saturated heterocycles. The quantitative estimate of drug-likeness (QED) is 0.829. The normalized spacial score (nSPS) is 23.6. The van der Waals surface area contributed by atoms with E-state index in [1.807, 2.05) is 0 Å². The zero-order chi connectivity index (χ0) is 11.9. The number of halogens is 1. The Labute approximate surface area is 108 Å². The molecule has 2 N–H and O–H groups in total. The molecule has 0 unspecified atom stereocenters. The third kappa shape index (κ3) is 2.23. The standard InChI is InChI=1S/C15H20ClN/c16-14-10-12(6-7-13(14)11-4-5-11)15(17)8-2-1-3-9-15/h6-7,10-11H,1-5,8-9,17H2. The van der Waals surface area contributed by atoms with Crippen LogP contribution < -0.4 is 5.73 Å². The molecule has 0 aliphatic heterocycles. The van der Waals surface area contributed by atoms with Crippen molar-refractivity contribution in [2.75, 3.05) is 0 Å². The van der Waals surface area contributed by atoms with E-state index in [0.717, 1.165) is 23.8 Å². The molecule has 1 aromatic carbocycles. The Morgan fingerprint density at radius 1 is 1.12 bits per heavy atom. The zero-order valence-corrected chi connectivity index (χ0v) is 11.0. The van der Waals surface area contributed by atoms with Crippen LogP contribution in [-0.4, -0.2) is 0 Å². The predicted molar refractivity (Wildman–Crippen MR) is 72.4 cm³/mol. The van der Waals surface area contributed by atoms with Crippen LogP contribution >= 0.6 is 11.6 Å². The second kappa shape index (κ2) is 4.29. The van der Waals surface area contributed by atoms with Gasteiger partial charge in [0.25, 0.3) is 0 Å². The molecule has 0 aromatic heterocycles. The van der Waals surface area contributed by atoms with Crippen LogP contribution in [0, 0.1) is 0 Å². The van der Waals surface area contributed by atoms with Gasteiger partial charge in [-0.15, -0.1) is 0 Å². The first-order valence-corrected chi connectivity index (χ1v) is 7.16. The van der Waals surface area contributed by atoms with E-state index in [1.54, 1.807) is 0 Å². The van der Waals surface area contributed by atoms with Gasteiger partial charge in [0.2, 0.25) is 0 Å². The summed E-state index contributed by atoms with van der Waals surface area (Å²) in [4.78, 5) is 0. The molecule has 0 amide bonds. The van der Waals surface area contributed by atoms with Crippen LogP contribution in [0.2, 0.25) is 5.02 Å². The maximum atomic E-state index is 6.53. The number of hydrogen-bond acceptors (Lipinski definition) is 1. The average molecular weight is 250 g/mol. The van der Waals surface area contributed by atoms with Crippen molar-refractivity contribution in [3.63, 3.8) is 0 Å². The lowest BCUT2D eigenvalue weighted by Crippen LogP contribution is -2.38. The Morgan fingerprint density at radius 3 is 2.41 bits per heavy atom. The van der Waals surface area contributed by atoms with Crippen molar-refractivity contribution in [3.05, 3.63) is 34.3 Å². The minimum Gasteiger partial charge on any atom is -0.321 e. The number of nitrogens with two attached hydrogens (primary N) is 1. The van der Waals surface area contributed by atoms with Crippen LogP contribution in [0.3, 0.4) is 0 Å². The molecule has 0 atom stereocenters. The van der Waals surface area contributed by atoms with Crippen LogP contribution in [0.4, 0.5) is 0 Å². The van der Waals surface area contributed by atoms with Gasteiger partial charge in [-0.2, -0.15) is 0 Å². The highest BCUT2D eigenvalue weighted by atomic mass is 35.5. The lowest BCUT2D eigenvalue weighted by Gasteiger charge is -2.34. The fourth-order valence-corrected chi connectivity index (χ4v) is 3.37. The van der Waals surface area contributed by atoms with Gasteiger partial charge in [0, 0.05) is 10.6 Å². The summed E-state index contributed by atoms with van der Waals surface area (Å²) in [6, 6.07) is 6.55. The maximum absolute atomic E-state index is 6.53. The Hall–Kier alpha value is -0.530. The molecule has 2 saturated carbocycles. The predicted octanol–water partition coefficient (Wildman–Crippen LogP) is 4.34. The van der Waals surface area contributed by atoms with E-state index in [0.29, 0.717) is 0 Å². The molecule has 2 fully saturated rings. The molecule has 1 aromatic rings. The van der Waals surface area contributed by atoms with Crippen molar-refractivity contribution < 1.29 is 0 Å². The molecule has 0 heterocycles. The highest BCUT2D eigenvalue weighted by Crippen LogP contribution is 2.44. The Balaban J connectivity index is 1.89. The summed E-state index contributed by atoms with van der Waals surface area (Å²) in [5.74, 6) is 0.719. The monoisotopic (exact) mass is 249 g/mol. The van der Waals surface area contributed by atoms with Crippen LogP contribution in [-0.2, 0) is 5.54 Å². The fourth-order valence-electron chi connectivity index (χ4n) is 3.03. The summed E-state index contributed by atoms with van der Waals surface area (Å²) in [5, 5.41) is 0.931. The van der Waals surface area contributed by atoms with Gasteiger partial charge >= 0.3 is 0 Å². The molecular formula is C15H20ClN. The van der Waals surface area contributed by atoms with Crippen molar-refractivity contribution in [1.82, 2.24) is 0 Å². The van der Waals surface area contributed by atoms with E-state index in [-0.39, 0.29) is 5.54 Å². The van der Waals surface area contributed by atoms with E-state index < -0.39 is 0 Å². The first kappa shape index (κ1) is 11.6. The van der Waals surface area contributed by atoms with Crippen molar-refractivity contribution in [2.24, 2.45) is 5.73 Å². The van der Waals surface area contributed by atoms with Gasteiger partial charge in [-0.25, -0.2) is 0 Å². The number of hydrogen-bond donors (Lipinski definition) is 1. The van der Waals surface area contributed by atoms with Gasteiger partial charge in [-0.1, -0.05) is 43.0 Å². The van der Waals surface area contributed by atoms with Crippen LogP contribution in [0.5, 0.6) is 0 Å². The molecule has 2 aliphatic rings. The summed E-state index contributed by atoms with van der Waals surface area (Å²) in [6.45, 7) is 0. The maximum Gasteiger partial charge on any atom is 0.0444 e. The molecule has 17 heavy (non-hydrogen) atoms. The Bertz CT molecular complexity index is 417. The second-order valence-corrected chi connectivity index (χ2v) is 6.13. The first-order chi connectivity index (χ1) is 8.19. The minimum absolute atomic E-state index is 0.121. The second-order valence-electron chi connectivity index (χ2n) is 5.73. The van der Waals surface area contributed by atoms with Crippen molar-refractivity contribution in [3.8, 4) is 0 Å². The topological polar surface area (TPSA) is 26.0 Å². The molecule has 0 spiro atoms. The molecule has 0 bridgehead atoms. The van der Waals surface area contributed by atoms with Crippen molar-refractivity contribution >= 4 is 11.6 Å². The summed E-state index contributed by atoms with van der Waals surface area (Å²) < 4.78 is 0. The number of benzene rings is 1. The first-order valence-electron chi connectivity index (χ1n) is 6.78. The van der Waals surface area contributed by atoms with E-state index >= 15 is 0 Å². The lowest BCUT2D eigenvalue weighted by atomic mass is 9.77. The molecule has 1 nitrogen and oxygen atoms in total. The molecular weight excluding hydrogens is 230 g/mol. The summed E-state index contributed by atoms with van der Waals surface area (Å²) >= 11 is 6.39. The van der Waals surface area contributed by atoms with E-state index in [2.05, 4.69) is 18.2 Å². The van der Waals surface area contributed by atoms with Crippen LogP contribution in [0.15, 0.2) is 18.2 Å². The Kier molecular flexibility index (Phi) is 2.92. The van der Waals surface area contributed by atoms with Gasteiger partial charge in [-0.05, 0) is 48.8 Å². The van der Waals surface area contributed by atoms with Crippen molar-refractivity contribution in [1.29, 1.82) is 0 Å². The minimum atomic E-state index is -0.121. The smallest absolute Gasteiger partial charge is 0.0444 e. The third-order valence-corrected chi connectivity index (χ3v) is 4.67. The van der Waals surface area contributed by atoms with Gasteiger partial charge in [0.15, 0.2) is 0 Å². The van der Waals surface area contributed by atoms with Gasteiger partial charge in [-0.3, -0.25) is 0 Å². The van der Waals surface area contributed by atoms with E-state index in [9.17, 15) is 0 Å². The molecule has 2 heteroatoms. The van der Waals surface area contributed by atoms with Crippen molar-refractivity contribution in [2.45, 2.75) is 56.4 Å². The highest BCUT2D eigenvalue weighted by Gasteiger charge is 2.31. The zero-order valence-electron chi connectivity index (χ0n) is 10.2. The summed E-state index contributed by atoms with van der Waals surface area (Å²) in [7, 11) is 0. The molecule has 0 radical (unpaired) electrons. The SMILES string of the molecule is NC1(c2ccc(C3CC3)c(Cl)c2)CCCCC1. The third-order valence-electron chi connectivity index (χ3n) is 4.34. The highest BCUT2D eigenvalue weighted by molar-refractivity contribution is 6.31. The lowest BCUT2D eigenvalue weighted by molar-refractivity contribution is 0.302. The summed E-state index contributed by atoms with van der Waals surface area (Å²) in [5.41, 5.74) is 8.98. The van der Waals surface area contributed by atoms with Gasteiger partial charge in [0.05, 0.1) is 0 Å². The fraction of sp³-hybridized carbons (Fsp3) is 0.600. The van der Waals surface area contributed by atoms with E-state index in [4.69, 9.17) is 17.3 Å². The van der Waals surface area contributed by atoms with E-state index in [1.165, 1.54) is 43.2 Å². The molecule has 92 valence electrons. The van der Waals surface area contributed by atoms with Crippen LogP contribution in [0.1, 0.15) is 62.0 Å². The Morgan fingerprint density at radius 2 is 1.82 bits per heavy atom. The molecule has 3 rings (SSSR count). The molecule has 2 aliphatic carbocycles. The summed E-state index contributed by atoms with van der Waals surface area (Å²) in [6.07, 6.45) is 8.63. The number of rotatable bonds is 2. The average Bonchev–Trinajstić information content (AvgIpc) is 3.14. The van der Waals surface area contributed by atoms with Crippen LogP contribution in [0.25, 0.3) is 0 Å². The largest absolute Gasteiger partial charge is 0.321 e. The van der Waals surface area contributed by atoms with Gasteiger partial charge < -0.3 is 5.73 Å². The van der Waals surface area contributed by atoms with Gasteiger partial charge in [0.1, 0.15) is 0 Å².